The number of hydrogen-bond acceptors (Lipinski definition) is 4. The van der Waals surface area contributed by atoms with Gasteiger partial charge in [-0.2, -0.15) is 4.31 Å². The van der Waals surface area contributed by atoms with E-state index in [1.807, 2.05) is 37.3 Å². The van der Waals surface area contributed by atoms with Gasteiger partial charge in [0.25, 0.3) is 0 Å². The molecular weight excluding hydrogens is 362 g/mol. The lowest BCUT2D eigenvalue weighted by Crippen LogP contribution is -2.36. The molecule has 0 amide bonds. The lowest BCUT2D eigenvalue weighted by molar-refractivity contribution is -0.158. The number of esters is 1. The Morgan fingerprint density at radius 1 is 1.04 bits per heavy atom. The van der Waals surface area contributed by atoms with E-state index in [1.165, 1.54) is 4.31 Å². The van der Waals surface area contributed by atoms with Crippen molar-refractivity contribution in [3.05, 3.63) is 65.7 Å². The van der Waals surface area contributed by atoms with Crippen molar-refractivity contribution < 1.29 is 17.9 Å². The maximum Gasteiger partial charge on any atom is 0.329 e. The first-order chi connectivity index (χ1) is 12.5. The van der Waals surface area contributed by atoms with Crippen LogP contribution in [0.1, 0.15) is 44.9 Å². The number of aryl methyl sites for hydroxylation is 1. The second-order valence-corrected chi connectivity index (χ2v) is 9.89. The van der Waals surface area contributed by atoms with Gasteiger partial charge in [0.05, 0.1) is 10.9 Å². The van der Waals surface area contributed by atoms with E-state index in [0.29, 0.717) is 0 Å². The molecule has 1 fully saturated rings. The number of benzene rings is 2. The van der Waals surface area contributed by atoms with Gasteiger partial charge in [0.2, 0.25) is 10.0 Å². The molecule has 0 bridgehead atoms. The molecule has 0 saturated carbocycles. The average molecular weight is 388 g/mol. The van der Waals surface area contributed by atoms with Crippen molar-refractivity contribution in [2.45, 2.75) is 56.7 Å². The topological polar surface area (TPSA) is 63.5 Å². The molecule has 2 aromatic carbocycles. The fourth-order valence-electron chi connectivity index (χ4n) is 3.25. The quantitative estimate of drug-likeness (QED) is 0.591. The van der Waals surface area contributed by atoms with Gasteiger partial charge in [0.15, 0.2) is 5.54 Å². The Labute approximate surface area is 161 Å². The van der Waals surface area contributed by atoms with Crippen molar-refractivity contribution in [1.29, 1.82) is 0 Å². The van der Waals surface area contributed by atoms with Crippen LogP contribution in [0, 0.1) is 6.92 Å². The summed E-state index contributed by atoms with van der Waals surface area (Å²) < 4.78 is 33.4. The molecule has 2 aromatic rings. The molecule has 0 aliphatic carbocycles. The van der Waals surface area contributed by atoms with E-state index < -0.39 is 33.2 Å². The van der Waals surface area contributed by atoms with Crippen LogP contribution < -0.4 is 0 Å². The molecule has 1 aliphatic rings. The van der Waals surface area contributed by atoms with E-state index >= 15 is 0 Å². The van der Waals surface area contributed by atoms with Crippen molar-refractivity contribution >= 4 is 16.0 Å². The first-order valence-electron chi connectivity index (χ1n) is 8.87. The highest BCUT2D eigenvalue weighted by molar-refractivity contribution is 7.89. The van der Waals surface area contributed by atoms with Gasteiger partial charge >= 0.3 is 5.97 Å². The zero-order valence-electron chi connectivity index (χ0n) is 16.3. The number of rotatable bonds is 4. The SMILES string of the molecule is Cc1ccc(S(=O)(=O)N2[C@@H](c3ccccc3)[C@]2(C)C(=O)OC(C)(C)C)cc1. The molecule has 1 unspecified atom stereocenters. The van der Waals surface area contributed by atoms with Gasteiger partial charge in [0, 0.05) is 0 Å². The first kappa shape index (κ1) is 19.6. The zero-order chi connectivity index (χ0) is 20.0. The Morgan fingerprint density at radius 2 is 1.59 bits per heavy atom. The van der Waals surface area contributed by atoms with Crippen molar-refractivity contribution in [3.63, 3.8) is 0 Å². The van der Waals surface area contributed by atoms with Gasteiger partial charge in [-0.25, -0.2) is 13.2 Å². The van der Waals surface area contributed by atoms with Gasteiger partial charge in [-0.3, -0.25) is 0 Å². The highest BCUT2D eigenvalue weighted by Crippen LogP contribution is 2.57. The number of carbonyl (C=O) groups is 1. The molecule has 0 aromatic heterocycles. The number of sulfonamides is 1. The van der Waals surface area contributed by atoms with E-state index in [2.05, 4.69) is 0 Å². The third kappa shape index (κ3) is 3.51. The summed E-state index contributed by atoms with van der Waals surface area (Å²) in [5, 5.41) is 0. The molecule has 0 radical (unpaired) electrons. The molecular formula is C21H25NO4S. The summed E-state index contributed by atoms with van der Waals surface area (Å²) in [4.78, 5) is 13.1. The third-order valence-electron chi connectivity index (χ3n) is 4.66. The molecule has 3 rings (SSSR count). The highest BCUT2D eigenvalue weighted by atomic mass is 32.2. The van der Waals surface area contributed by atoms with Crippen LogP contribution >= 0.6 is 0 Å². The van der Waals surface area contributed by atoms with Crippen LogP contribution in [-0.4, -0.2) is 29.8 Å². The molecule has 0 N–H and O–H groups in total. The Bertz CT molecular complexity index is 946. The van der Waals surface area contributed by atoms with E-state index in [4.69, 9.17) is 4.74 Å². The summed E-state index contributed by atoms with van der Waals surface area (Å²) in [6, 6.07) is 15.2. The van der Waals surface area contributed by atoms with Gasteiger partial charge < -0.3 is 4.74 Å². The third-order valence-corrected chi connectivity index (χ3v) is 6.64. The van der Waals surface area contributed by atoms with Crippen LogP contribution in [0.2, 0.25) is 0 Å². The Balaban J connectivity index is 2.05. The van der Waals surface area contributed by atoms with Crippen LogP contribution in [0.15, 0.2) is 59.5 Å². The smallest absolute Gasteiger partial charge is 0.329 e. The van der Waals surface area contributed by atoms with Gasteiger partial charge in [-0.15, -0.1) is 0 Å². The lowest BCUT2D eigenvalue weighted by Gasteiger charge is -2.22. The Hall–Kier alpha value is -2.18. The minimum absolute atomic E-state index is 0.168. The molecule has 0 spiro atoms. The molecule has 27 heavy (non-hydrogen) atoms. The van der Waals surface area contributed by atoms with Crippen LogP contribution in [-0.2, 0) is 19.6 Å². The van der Waals surface area contributed by atoms with Gasteiger partial charge in [-0.1, -0.05) is 48.0 Å². The molecule has 1 saturated heterocycles. The monoisotopic (exact) mass is 387 g/mol. The van der Waals surface area contributed by atoms with E-state index in [-0.39, 0.29) is 4.90 Å². The second-order valence-electron chi connectivity index (χ2n) is 8.08. The molecule has 5 nitrogen and oxygen atoms in total. The normalized spacial score (nSPS) is 25.1. The van der Waals surface area contributed by atoms with Gasteiger partial charge in [-0.05, 0) is 52.3 Å². The first-order valence-corrected chi connectivity index (χ1v) is 10.3. The predicted octanol–water partition coefficient (Wildman–Crippen LogP) is 3.84. The number of ether oxygens (including phenoxy) is 1. The molecule has 3 atom stereocenters. The summed E-state index contributed by atoms with van der Waals surface area (Å²) in [6.07, 6.45) is 0. The Kier molecular flexibility index (Phi) is 4.68. The van der Waals surface area contributed by atoms with E-state index in [0.717, 1.165) is 11.1 Å². The molecule has 1 heterocycles. The summed E-state index contributed by atoms with van der Waals surface area (Å²) in [7, 11) is -3.86. The number of hydrogen-bond donors (Lipinski definition) is 0. The van der Waals surface area contributed by atoms with Crippen molar-refractivity contribution in [2.24, 2.45) is 0 Å². The van der Waals surface area contributed by atoms with Crippen molar-refractivity contribution in [2.75, 3.05) is 0 Å². The highest BCUT2D eigenvalue weighted by Gasteiger charge is 2.72. The van der Waals surface area contributed by atoms with E-state index in [9.17, 15) is 13.2 Å². The summed E-state index contributed by atoms with van der Waals surface area (Å²) in [6.45, 7) is 8.84. The summed E-state index contributed by atoms with van der Waals surface area (Å²) in [5.41, 5.74) is -0.252. The number of carbonyl (C=O) groups excluding carboxylic acids is 1. The standard InChI is InChI=1S/C21H25NO4S/c1-15-11-13-17(14-12-15)27(24,25)22-18(16-9-7-6-8-10-16)21(22,5)19(23)26-20(2,3)4/h6-14,18H,1-5H3/t18-,21+,22?/m0/s1. The van der Waals surface area contributed by atoms with Crippen LogP contribution in [0.5, 0.6) is 0 Å². The predicted molar refractivity (Wildman–Crippen MR) is 104 cm³/mol. The minimum atomic E-state index is -3.86. The van der Waals surface area contributed by atoms with Crippen LogP contribution in [0.4, 0.5) is 0 Å². The zero-order valence-corrected chi connectivity index (χ0v) is 17.1. The summed E-state index contributed by atoms with van der Waals surface area (Å²) in [5.74, 6) is -0.542. The minimum Gasteiger partial charge on any atom is -0.459 e. The van der Waals surface area contributed by atoms with Crippen molar-refractivity contribution in [3.8, 4) is 0 Å². The van der Waals surface area contributed by atoms with Crippen LogP contribution in [0.25, 0.3) is 0 Å². The van der Waals surface area contributed by atoms with Crippen LogP contribution in [0.3, 0.4) is 0 Å². The Morgan fingerprint density at radius 3 is 2.11 bits per heavy atom. The van der Waals surface area contributed by atoms with E-state index in [1.54, 1.807) is 52.0 Å². The number of nitrogens with zero attached hydrogens (tertiary/aromatic N) is 1. The molecule has 144 valence electrons. The fourth-order valence-corrected chi connectivity index (χ4v) is 5.19. The molecule has 6 heteroatoms. The van der Waals surface area contributed by atoms with Crippen molar-refractivity contribution in [1.82, 2.24) is 4.31 Å². The average Bonchev–Trinajstić information content (AvgIpc) is 3.23. The molecule has 1 aliphatic heterocycles. The lowest BCUT2D eigenvalue weighted by atomic mass is 10.0. The van der Waals surface area contributed by atoms with Gasteiger partial charge in [0.1, 0.15) is 5.60 Å². The maximum atomic E-state index is 13.3. The fraction of sp³-hybridized carbons (Fsp3) is 0.381. The summed E-state index contributed by atoms with van der Waals surface area (Å²) >= 11 is 0. The second kappa shape index (κ2) is 6.46. The largest absolute Gasteiger partial charge is 0.459 e. The maximum absolute atomic E-state index is 13.3.